The van der Waals surface area contributed by atoms with Crippen molar-refractivity contribution in [3.63, 3.8) is 0 Å². The van der Waals surface area contributed by atoms with Crippen LogP contribution in [0.25, 0.3) is 0 Å². The molecule has 1 amide bonds. The summed E-state index contributed by atoms with van der Waals surface area (Å²) in [6, 6.07) is 0.551. The summed E-state index contributed by atoms with van der Waals surface area (Å²) in [4.78, 5) is 12.7. The largest absolute Gasteiger partial charge is 0.378 e. The standard InChI is InChI=1S/C18H32N2O2/c1-17(2)14(10-18(17,3)22-4)20-16(21)13-8-11-6-5-7-12(9-13)15(11)19/h11-15H,5-10,19H2,1-4H3,(H,20,21). The van der Waals surface area contributed by atoms with E-state index >= 15 is 0 Å². The average molecular weight is 308 g/mol. The SMILES string of the molecule is COC1(C)CC(NC(=O)C2CC3CCCC(C2)C3N)C1(C)C. The minimum Gasteiger partial charge on any atom is -0.378 e. The monoisotopic (exact) mass is 308 g/mol. The fraction of sp³-hybridized carbons (Fsp3) is 0.944. The second-order valence-corrected chi connectivity index (χ2v) is 8.62. The molecule has 0 heterocycles. The molecule has 3 N–H and O–H groups in total. The first kappa shape index (κ1) is 16.3. The summed E-state index contributed by atoms with van der Waals surface area (Å²) in [5, 5.41) is 3.31. The summed E-state index contributed by atoms with van der Waals surface area (Å²) in [7, 11) is 1.77. The number of carbonyl (C=O) groups is 1. The molecule has 22 heavy (non-hydrogen) atoms. The number of hydrogen-bond acceptors (Lipinski definition) is 3. The summed E-state index contributed by atoms with van der Waals surface area (Å²) >= 11 is 0. The molecule has 0 aromatic heterocycles. The molecule has 0 aromatic rings. The lowest BCUT2D eigenvalue weighted by molar-refractivity contribution is -0.183. The Balaban J connectivity index is 1.60. The Kier molecular flexibility index (Phi) is 4.05. The smallest absolute Gasteiger partial charge is 0.223 e. The molecular formula is C18H32N2O2. The highest BCUT2D eigenvalue weighted by Crippen LogP contribution is 2.51. The van der Waals surface area contributed by atoms with Crippen LogP contribution in [0, 0.1) is 23.2 Å². The number of hydrogen-bond donors (Lipinski definition) is 2. The average Bonchev–Trinajstić information content (AvgIpc) is 2.46. The lowest BCUT2D eigenvalue weighted by Crippen LogP contribution is -2.69. The molecule has 0 spiro atoms. The first-order valence-corrected chi connectivity index (χ1v) is 8.89. The maximum Gasteiger partial charge on any atom is 0.223 e. The molecular weight excluding hydrogens is 276 g/mol. The van der Waals surface area contributed by atoms with Crippen molar-refractivity contribution < 1.29 is 9.53 Å². The van der Waals surface area contributed by atoms with Crippen LogP contribution in [0.15, 0.2) is 0 Å². The van der Waals surface area contributed by atoms with Gasteiger partial charge in [0.05, 0.1) is 5.60 Å². The van der Waals surface area contributed by atoms with Gasteiger partial charge in [-0.15, -0.1) is 0 Å². The minimum absolute atomic E-state index is 0.0155. The van der Waals surface area contributed by atoms with Gasteiger partial charge in [0.1, 0.15) is 0 Å². The number of amides is 1. The molecule has 4 nitrogen and oxygen atoms in total. The molecule has 0 radical (unpaired) electrons. The van der Waals surface area contributed by atoms with Crippen LogP contribution in [0.1, 0.15) is 59.3 Å². The lowest BCUT2D eigenvalue weighted by atomic mass is 9.55. The molecule has 3 aliphatic carbocycles. The highest BCUT2D eigenvalue weighted by atomic mass is 16.5. The van der Waals surface area contributed by atoms with E-state index in [1.807, 2.05) is 0 Å². The van der Waals surface area contributed by atoms with Crippen LogP contribution in [0.4, 0.5) is 0 Å². The molecule has 4 heteroatoms. The van der Waals surface area contributed by atoms with Gasteiger partial charge < -0.3 is 15.8 Å². The highest BCUT2D eigenvalue weighted by molar-refractivity contribution is 5.79. The van der Waals surface area contributed by atoms with Gasteiger partial charge >= 0.3 is 0 Å². The summed E-state index contributed by atoms with van der Waals surface area (Å²) < 4.78 is 5.65. The van der Waals surface area contributed by atoms with E-state index in [0.717, 1.165) is 19.3 Å². The Morgan fingerprint density at radius 1 is 1.18 bits per heavy atom. The molecule has 4 unspecified atom stereocenters. The number of nitrogens with two attached hydrogens (primary N) is 1. The van der Waals surface area contributed by atoms with E-state index in [-0.39, 0.29) is 28.9 Å². The van der Waals surface area contributed by atoms with Crippen molar-refractivity contribution in [3.8, 4) is 0 Å². The van der Waals surface area contributed by atoms with Crippen LogP contribution in [0.3, 0.4) is 0 Å². The molecule has 3 fully saturated rings. The van der Waals surface area contributed by atoms with E-state index in [2.05, 4.69) is 26.1 Å². The van der Waals surface area contributed by atoms with E-state index in [1.165, 1.54) is 19.3 Å². The molecule has 0 aliphatic heterocycles. The molecule has 126 valence electrons. The van der Waals surface area contributed by atoms with Gasteiger partial charge in [-0.25, -0.2) is 0 Å². The zero-order valence-electron chi connectivity index (χ0n) is 14.5. The van der Waals surface area contributed by atoms with Gasteiger partial charge in [-0.3, -0.25) is 4.79 Å². The predicted octanol–water partition coefficient (Wildman–Crippen LogP) is 2.46. The molecule has 2 bridgehead atoms. The first-order chi connectivity index (χ1) is 10.3. The number of fused-ring (bicyclic) bond motifs is 2. The van der Waals surface area contributed by atoms with Crippen molar-refractivity contribution in [2.45, 2.75) is 77.0 Å². The van der Waals surface area contributed by atoms with Crippen LogP contribution in [-0.2, 0) is 9.53 Å². The fourth-order valence-electron chi connectivity index (χ4n) is 5.02. The van der Waals surface area contributed by atoms with Crippen molar-refractivity contribution in [2.24, 2.45) is 28.9 Å². The molecule has 3 aliphatic rings. The summed E-state index contributed by atoms with van der Waals surface area (Å²) in [5.74, 6) is 1.53. The highest BCUT2D eigenvalue weighted by Gasteiger charge is 2.58. The minimum atomic E-state index is -0.129. The zero-order valence-corrected chi connectivity index (χ0v) is 14.5. The van der Waals surface area contributed by atoms with Gasteiger partial charge in [0, 0.05) is 30.5 Å². The molecule has 0 aromatic carbocycles. The molecule has 3 saturated carbocycles. The number of rotatable bonds is 3. The number of nitrogens with one attached hydrogen (secondary N) is 1. The van der Waals surface area contributed by atoms with E-state index in [1.54, 1.807) is 7.11 Å². The van der Waals surface area contributed by atoms with Crippen molar-refractivity contribution in [3.05, 3.63) is 0 Å². The fourth-order valence-corrected chi connectivity index (χ4v) is 5.02. The Bertz CT molecular complexity index is 436. The predicted molar refractivity (Wildman–Crippen MR) is 87.3 cm³/mol. The van der Waals surface area contributed by atoms with Crippen molar-refractivity contribution in [2.75, 3.05) is 7.11 Å². The second-order valence-electron chi connectivity index (χ2n) is 8.62. The van der Waals surface area contributed by atoms with E-state index < -0.39 is 0 Å². The zero-order chi connectivity index (χ0) is 16.1. The van der Waals surface area contributed by atoms with Gasteiger partial charge in [-0.1, -0.05) is 20.3 Å². The van der Waals surface area contributed by atoms with Gasteiger partial charge in [0.2, 0.25) is 5.91 Å². The van der Waals surface area contributed by atoms with E-state index in [0.29, 0.717) is 17.9 Å². The summed E-state index contributed by atoms with van der Waals surface area (Å²) in [5.41, 5.74) is 6.19. The third-order valence-corrected chi connectivity index (χ3v) is 7.38. The third-order valence-electron chi connectivity index (χ3n) is 7.38. The number of methoxy groups -OCH3 is 1. The van der Waals surface area contributed by atoms with Gasteiger partial charge in [-0.2, -0.15) is 0 Å². The third kappa shape index (κ3) is 2.39. The van der Waals surface area contributed by atoms with Crippen molar-refractivity contribution >= 4 is 5.91 Å². The van der Waals surface area contributed by atoms with Crippen LogP contribution >= 0.6 is 0 Å². The Morgan fingerprint density at radius 3 is 2.27 bits per heavy atom. The van der Waals surface area contributed by atoms with Crippen molar-refractivity contribution in [1.29, 1.82) is 0 Å². The Labute approximate surface area is 134 Å². The van der Waals surface area contributed by atoms with E-state index in [9.17, 15) is 4.79 Å². The van der Waals surface area contributed by atoms with E-state index in [4.69, 9.17) is 10.5 Å². The van der Waals surface area contributed by atoms with Gasteiger partial charge in [0.25, 0.3) is 0 Å². The lowest BCUT2D eigenvalue weighted by Gasteiger charge is -2.59. The van der Waals surface area contributed by atoms with Crippen LogP contribution in [0.2, 0.25) is 0 Å². The Morgan fingerprint density at radius 2 is 1.77 bits per heavy atom. The topological polar surface area (TPSA) is 64.3 Å². The maximum atomic E-state index is 12.7. The molecule has 4 atom stereocenters. The van der Waals surface area contributed by atoms with Crippen LogP contribution in [-0.4, -0.2) is 30.7 Å². The summed E-state index contributed by atoms with van der Waals surface area (Å²) in [6.45, 7) is 6.52. The second kappa shape index (κ2) is 5.48. The quantitative estimate of drug-likeness (QED) is 0.842. The van der Waals surface area contributed by atoms with Crippen LogP contribution < -0.4 is 11.1 Å². The number of carbonyl (C=O) groups excluding carboxylic acids is 1. The van der Waals surface area contributed by atoms with Crippen LogP contribution in [0.5, 0.6) is 0 Å². The van der Waals surface area contributed by atoms with Gasteiger partial charge in [-0.05, 0) is 50.9 Å². The molecule has 0 saturated heterocycles. The summed E-state index contributed by atoms with van der Waals surface area (Å²) in [6.07, 6.45) is 6.58. The van der Waals surface area contributed by atoms with Crippen molar-refractivity contribution in [1.82, 2.24) is 5.32 Å². The normalized spacial score (nSPS) is 46.7. The first-order valence-electron chi connectivity index (χ1n) is 8.89. The number of ether oxygens (including phenoxy) is 1. The van der Waals surface area contributed by atoms with Gasteiger partial charge in [0.15, 0.2) is 0 Å². The Hall–Kier alpha value is -0.610. The maximum absolute atomic E-state index is 12.7. The molecule has 3 rings (SSSR count).